The van der Waals surface area contributed by atoms with Crippen LogP contribution in [0.3, 0.4) is 0 Å². The highest BCUT2D eigenvalue weighted by molar-refractivity contribution is 7.89. The molecule has 1 aliphatic heterocycles. The summed E-state index contributed by atoms with van der Waals surface area (Å²) in [6, 6.07) is 8.75. The SMILES string of the molecule is CC1CN(S(=O)(=O)c2ccc(NC(=O)c3ccn(C)c(=O)c3)cc2)CC(C)O1. The number of morpholine rings is 1. The van der Waals surface area contributed by atoms with Crippen LogP contribution in [0.2, 0.25) is 0 Å². The Labute approximate surface area is 163 Å². The molecule has 3 rings (SSSR count). The average molecular weight is 405 g/mol. The summed E-state index contributed by atoms with van der Waals surface area (Å²) < 4.78 is 34.1. The van der Waals surface area contributed by atoms with Gasteiger partial charge in [-0.15, -0.1) is 0 Å². The molecule has 1 fully saturated rings. The molecule has 150 valence electrons. The lowest BCUT2D eigenvalue weighted by Gasteiger charge is -2.34. The van der Waals surface area contributed by atoms with E-state index in [2.05, 4.69) is 5.32 Å². The molecule has 0 spiro atoms. The first-order valence-electron chi connectivity index (χ1n) is 8.90. The molecule has 2 unspecified atom stereocenters. The summed E-state index contributed by atoms with van der Waals surface area (Å²) in [6.45, 7) is 4.28. The Morgan fingerprint density at radius 1 is 1.11 bits per heavy atom. The van der Waals surface area contributed by atoms with Crippen LogP contribution in [0.25, 0.3) is 0 Å². The van der Waals surface area contributed by atoms with Crippen molar-refractivity contribution in [2.24, 2.45) is 7.05 Å². The van der Waals surface area contributed by atoms with Crippen molar-refractivity contribution >= 4 is 21.6 Å². The number of sulfonamides is 1. The summed E-state index contributed by atoms with van der Waals surface area (Å²) in [6.07, 6.45) is 1.17. The first-order valence-corrected chi connectivity index (χ1v) is 10.3. The van der Waals surface area contributed by atoms with Gasteiger partial charge in [0.05, 0.1) is 17.1 Å². The van der Waals surface area contributed by atoms with E-state index in [1.165, 1.54) is 51.5 Å². The highest BCUT2D eigenvalue weighted by Gasteiger charge is 2.32. The van der Waals surface area contributed by atoms with E-state index in [0.717, 1.165) is 0 Å². The van der Waals surface area contributed by atoms with Crippen LogP contribution >= 0.6 is 0 Å². The van der Waals surface area contributed by atoms with Crippen molar-refractivity contribution in [3.63, 3.8) is 0 Å². The Balaban J connectivity index is 1.74. The Morgan fingerprint density at radius 2 is 1.71 bits per heavy atom. The number of aryl methyl sites for hydroxylation is 1. The molecule has 0 aliphatic carbocycles. The summed E-state index contributed by atoms with van der Waals surface area (Å²) in [5, 5.41) is 2.66. The van der Waals surface area contributed by atoms with Gasteiger partial charge in [0, 0.05) is 43.7 Å². The fourth-order valence-electron chi connectivity index (χ4n) is 3.08. The largest absolute Gasteiger partial charge is 0.373 e. The Bertz CT molecular complexity index is 1020. The van der Waals surface area contributed by atoms with E-state index in [9.17, 15) is 18.0 Å². The minimum absolute atomic E-state index is 0.153. The third-order valence-electron chi connectivity index (χ3n) is 4.50. The van der Waals surface area contributed by atoms with Gasteiger partial charge in [-0.05, 0) is 44.2 Å². The van der Waals surface area contributed by atoms with E-state index >= 15 is 0 Å². The normalized spacial score (nSPS) is 20.7. The van der Waals surface area contributed by atoms with Crippen molar-refractivity contribution in [3.05, 3.63) is 58.5 Å². The number of pyridine rings is 1. The standard InChI is InChI=1S/C19H23N3O5S/c1-13-11-22(12-14(2)27-13)28(25,26)17-6-4-16(5-7-17)20-19(24)15-8-9-21(3)18(23)10-15/h4-10,13-14H,11-12H2,1-3H3,(H,20,24). The lowest BCUT2D eigenvalue weighted by Crippen LogP contribution is -2.48. The molecule has 0 bridgehead atoms. The third-order valence-corrected chi connectivity index (χ3v) is 6.35. The highest BCUT2D eigenvalue weighted by atomic mass is 32.2. The fraction of sp³-hybridized carbons (Fsp3) is 0.368. The molecule has 0 radical (unpaired) electrons. The van der Waals surface area contributed by atoms with E-state index in [1.807, 2.05) is 13.8 Å². The number of aromatic nitrogens is 1. The number of nitrogens with one attached hydrogen (secondary N) is 1. The number of carbonyl (C=O) groups is 1. The summed E-state index contributed by atoms with van der Waals surface area (Å²) in [7, 11) is -2.04. The van der Waals surface area contributed by atoms with Crippen molar-refractivity contribution in [1.82, 2.24) is 8.87 Å². The maximum absolute atomic E-state index is 12.8. The van der Waals surface area contributed by atoms with Crippen molar-refractivity contribution in [2.75, 3.05) is 18.4 Å². The van der Waals surface area contributed by atoms with Crippen LogP contribution in [0.4, 0.5) is 5.69 Å². The summed E-state index contributed by atoms with van der Waals surface area (Å²) in [4.78, 5) is 24.1. The van der Waals surface area contributed by atoms with E-state index in [-0.39, 0.29) is 28.2 Å². The number of ether oxygens (including phenoxy) is 1. The number of anilines is 1. The Kier molecular flexibility index (Phi) is 5.69. The predicted molar refractivity (Wildman–Crippen MR) is 105 cm³/mol. The van der Waals surface area contributed by atoms with Gasteiger partial charge in [-0.3, -0.25) is 9.59 Å². The van der Waals surface area contributed by atoms with E-state index in [1.54, 1.807) is 7.05 Å². The van der Waals surface area contributed by atoms with Crippen LogP contribution in [-0.4, -0.2) is 48.5 Å². The maximum atomic E-state index is 12.8. The second-order valence-electron chi connectivity index (χ2n) is 6.92. The van der Waals surface area contributed by atoms with Crippen LogP contribution in [-0.2, 0) is 21.8 Å². The second kappa shape index (κ2) is 7.86. The van der Waals surface area contributed by atoms with Gasteiger partial charge in [0.25, 0.3) is 11.5 Å². The van der Waals surface area contributed by atoms with Gasteiger partial charge in [0.1, 0.15) is 0 Å². The van der Waals surface area contributed by atoms with Crippen LogP contribution in [0, 0.1) is 0 Å². The van der Waals surface area contributed by atoms with Gasteiger partial charge in [-0.25, -0.2) is 8.42 Å². The smallest absolute Gasteiger partial charge is 0.255 e. The molecule has 1 aromatic carbocycles. The number of hydrogen-bond donors (Lipinski definition) is 1. The molecule has 8 nitrogen and oxygen atoms in total. The lowest BCUT2D eigenvalue weighted by molar-refractivity contribution is -0.0440. The molecule has 1 N–H and O–H groups in total. The molecule has 1 aliphatic rings. The van der Waals surface area contributed by atoms with Gasteiger partial charge in [-0.1, -0.05) is 0 Å². The average Bonchev–Trinajstić information content (AvgIpc) is 2.63. The van der Waals surface area contributed by atoms with Crippen LogP contribution in [0.5, 0.6) is 0 Å². The van der Waals surface area contributed by atoms with Crippen molar-refractivity contribution in [2.45, 2.75) is 31.0 Å². The van der Waals surface area contributed by atoms with Gasteiger partial charge in [0.15, 0.2) is 0 Å². The fourth-order valence-corrected chi connectivity index (χ4v) is 4.67. The molecule has 28 heavy (non-hydrogen) atoms. The summed E-state index contributed by atoms with van der Waals surface area (Å²) in [5.74, 6) is -0.441. The van der Waals surface area contributed by atoms with Crippen molar-refractivity contribution < 1.29 is 17.9 Å². The Morgan fingerprint density at radius 3 is 2.29 bits per heavy atom. The summed E-state index contributed by atoms with van der Waals surface area (Å²) in [5.41, 5.74) is 0.382. The number of nitrogens with zero attached hydrogens (tertiary/aromatic N) is 2. The first kappa shape index (κ1) is 20.2. The highest BCUT2D eigenvalue weighted by Crippen LogP contribution is 2.22. The zero-order valence-electron chi connectivity index (χ0n) is 16.0. The molecule has 1 amide bonds. The maximum Gasteiger partial charge on any atom is 0.255 e. The molecule has 1 saturated heterocycles. The molecule has 2 aromatic rings. The van der Waals surface area contributed by atoms with E-state index in [4.69, 9.17) is 4.74 Å². The van der Waals surface area contributed by atoms with Gasteiger partial charge < -0.3 is 14.6 Å². The molecule has 2 heterocycles. The number of rotatable bonds is 4. The summed E-state index contributed by atoms with van der Waals surface area (Å²) >= 11 is 0. The Hall–Kier alpha value is -2.49. The van der Waals surface area contributed by atoms with Gasteiger partial charge in [-0.2, -0.15) is 4.31 Å². The number of amides is 1. The quantitative estimate of drug-likeness (QED) is 0.830. The zero-order valence-corrected chi connectivity index (χ0v) is 16.8. The first-order chi connectivity index (χ1) is 13.2. The third kappa shape index (κ3) is 4.32. The number of hydrogen-bond acceptors (Lipinski definition) is 5. The van der Waals surface area contributed by atoms with E-state index in [0.29, 0.717) is 18.8 Å². The molecule has 0 saturated carbocycles. The molecule has 2 atom stereocenters. The minimum atomic E-state index is -3.64. The topological polar surface area (TPSA) is 97.7 Å². The molecular weight excluding hydrogens is 382 g/mol. The number of benzene rings is 1. The molecule has 9 heteroatoms. The molecular formula is C19H23N3O5S. The minimum Gasteiger partial charge on any atom is -0.373 e. The molecule has 1 aromatic heterocycles. The van der Waals surface area contributed by atoms with Crippen LogP contribution in [0.1, 0.15) is 24.2 Å². The number of carbonyl (C=O) groups excluding carboxylic acids is 1. The van der Waals surface area contributed by atoms with Gasteiger partial charge in [0.2, 0.25) is 10.0 Å². The van der Waals surface area contributed by atoms with Gasteiger partial charge >= 0.3 is 0 Å². The second-order valence-corrected chi connectivity index (χ2v) is 8.86. The van der Waals surface area contributed by atoms with Crippen molar-refractivity contribution in [1.29, 1.82) is 0 Å². The predicted octanol–water partition coefficient (Wildman–Crippen LogP) is 1.44. The lowest BCUT2D eigenvalue weighted by atomic mass is 10.2. The van der Waals surface area contributed by atoms with Crippen molar-refractivity contribution in [3.8, 4) is 0 Å². The van der Waals surface area contributed by atoms with Crippen LogP contribution in [0.15, 0.2) is 52.3 Å². The van der Waals surface area contributed by atoms with E-state index < -0.39 is 15.9 Å². The van der Waals surface area contributed by atoms with Crippen LogP contribution < -0.4 is 10.9 Å². The monoisotopic (exact) mass is 405 g/mol. The zero-order chi connectivity index (χ0) is 20.5.